The number of carboxylic acid groups (broad SMARTS) is 1. The molecule has 0 spiro atoms. The van der Waals surface area contributed by atoms with Crippen molar-refractivity contribution < 1.29 is 9.90 Å². The van der Waals surface area contributed by atoms with Crippen LogP contribution in [0.25, 0.3) is 0 Å². The molecule has 0 aromatic rings. The molecule has 0 saturated carbocycles. The molecule has 2 nitrogen and oxygen atoms in total. The van der Waals surface area contributed by atoms with E-state index in [0.717, 1.165) is 0 Å². The highest BCUT2D eigenvalue weighted by Gasteiger charge is 1.78. The quantitative estimate of drug-likeness (QED) is 0.367. The average Bonchev–Trinajstić information content (AvgIpc) is 1.61. The van der Waals surface area contributed by atoms with Crippen LogP contribution in [0.2, 0.25) is 0 Å². The highest BCUT2D eigenvalue weighted by Crippen LogP contribution is 1.66. The smallest absolute Gasteiger partial charge is 0.381 e. The topological polar surface area (TPSA) is 37.3 Å². The Balaban J connectivity index is 3.45. The summed E-state index contributed by atoms with van der Waals surface area (Å²) in [6.45, 7) is 0. The minimum atomic E-state index is -1.14. The second-order valence-electron chi connectivity index (χ2n) is 0.741. The van der Waals surface area contributed by atoms with Gasteiger partial charge in [-0.1, -0.05) is 5.92 Å². The maximum Gasteiger partial charge on any atom is 0.381 e. The zero-order chi connectivity index (χ0) is 5.70. The molecule has 0 aliphatic carbocycles. The van der Waals surface area contributed by atoms with E-state index in [-0.39, 0.29) is 5.88 Å². The van der Waals surface area contributed by atoms with E-state index < -0.39 is 5.97 Å². The molecule has 0 heterocycles. The second kappa shape index (κ2) is 3.51. The number of alkyl halides is 1. The molecular formula is C4H3ClO2. The van der Waals surface area contributed by atoms with Crippen LogP contribution in [0.1, 0.15) is 0 Å². The first-order valence-electron chi connectivity index (χ1n) is 1.55. The van der Waals surface area contributed by atoms with E-state index in [0.29, 0.717) is 0 Å². The van der Waals surface area contributed by atoms with Crippen molar-refractivity contribution in [2.24, 2.45) is 0 Å². The lowest BCUT2D eigenvalue weighted by Gasteiger charge is -1.66. The third-order valence-electron chi connectivity index (χ3n) is 0.262. The molecular weight excluding hydrogens is 115 g/mol. The van der Waals surface area contributed by atoms with Crippen molar-refractivity contribution in [1.82, 2.24) is 0 Å². The molecule has 0 radical (unpaired) electrons. The lowest BCUT2D eigenvalue weighted by atomic mass is 10.6. The Morgan fingerprint density at radius 3 is 2.57 bits per heavy atom. The van der Waals surface area contributed by atoms with Crippen LogP contribution in [-0.4, -0.2) is 17.0 Å². The third-order valence-corrected chi connectivity index (χ3v) is 0.396. The molecule has 0 bridgehead atoms. The first kappa shape index (κ1) is 6.32. The Bertz CT molecular complexity index is 119. The van der Waals surface area contributed by atoms with Crippen molar-refractivity contribution in [3.8, 4) is 11.8 Å². The molecule has 1 N–H and O–H groups in total. The van der Waals surface area contributed by atoms with Crippen molar-refractivity contribution in [2.45, 2.75) is 0 Å². The van der Waals surface area contributed by atoms with E-state index in [4.69, 9.17) is 16.7 Å². The first-order valence-corrected chi connectivity index (χ1v) is 2.08. The van der Waals surface area contributed by atoms with Crippen LogP contribution in [0, 0.1) is 11.8 Å². The predicted octanol–water partition coefficient (Wildman–Crippen LogP) is 0.313. The summed E-state index contributed by atoms with van der Waals surface area (Å²) in [5.74, 6) is 2.93. The molecule has 0 aliphatic heterocycles. The summed E-state index contributed by atoms with van der Waals surface area (Å²) in [6.07, 6.45) is 0. The highest BCUT2D eigenvalue weighted by molar-refractivity contribution is 6.19. The highest BCUT2D eigenvalue weighted by atomic mass is 35.5. The van der Waals surface area contributed by atoms with E-state index in [1.165, 1.54) is 0 Å². The first-order chi connectivity index (χ1) is 3.27. The lowest BCUT2D eigenvalue weighted by Crippen LogP contribution is -1.86. The number of aliphatic carboxylic acids is 1. The summed E-state index contributed by atoms with van der Waals surface area (Å²) in [6, 6.07) is 0. The number of halogens is 1. The average molecular weight is 119 g/mol. The van der Waals surface area contributed by atoms with Crippen LogP contribution in [-0.2, 0) is 4.79 Å². The normalized spacial score (nSPS) is 6.43. The molecule has 0 fully saturated rings. The van der Waals surface area contributed by atoms with Crippen molar-refractivity contribution >= 4 is 17.6 Å². The third kappa shape index (κ3) is 5.32. The van der Waals surface area contributed by atoms with Crippen LogP contribution >= 0.6 is 11.6 Å². The predicted molar refractivity (Wildman–Crippen MR) is 26.1 cm³/mol. The molecule has 7 heavy (non-hydrogen) atoms. The van der Waals surface area contributed by atoms with Gasteiger partial charge in [0.1, 0.15) is 0 Å². The van der Waals surface area contributed by atoms with Gasteiger partial charge in [0.2, 0.25) is 0 Å². The van der Waals surface area contributed by atoms with Gasteiger partial charge < -0.3 is 5.11 Å². The summed E-state index contributed by atoms with van der Waals surface area (Å²) >= 11 is 5.01. The monoisotopic (exact) mass is 118 g/mol. The fourth-order valence-electron chi connectivity index (χ4n) is 0.109. The van der Waals surface area contributed by atoms with Gasteiger partial charge in [-0.2, -0.15) is 0 Å². The van der Waals surface area contributed by atoms with Crippen molar-refractivity contribution in [1.29, 1.82) is 0 Å². The SMILES string of the molecule is O=C(O)C#CCCl. The minimum absolute atomic E-state index is 0.0757. The zero-order valence-electron chi connectivity index (χ0n) is 3.44. The van der Waals surface area contributed by atoms with Gasteiger partial charge >= 0.3 is 5.97 Å². The fraction of sp³-hybridized carbons (Fsp3) is 0.250. The van der Waals surface area contributed by atoms with Crippen LogP contribution in [0.15, 0.2) is 0 Å². The Labute approximate surface area is 46.1 Å². The van der Waals surface area contributed by atoms with Gasteiger partial charge in [0.05, 0.1) is 5.88 Å². The number of carbonyl (C=O) groups is 1. The maximum absolute atomic E-state index is 9.53. The van der Waals surface area contributed by atoms with Gasteiger partial charge in [-0.05, 0) is 0 Å². The summed E-state index contributed by atoms with van der Waals surface area (Å²) in [7, 11) is 0. The molecule has 0 aromatic carbocycles. The van der Waals surface area contributed by atoms with Gasteiger partial charge in [-0.15, -0.1) is 11.6 Å². The Morgan fingerprint density at radius 2 is 2.43 bits per heavy atom. The maximum atomic E-state index is 9.53. The standard InChI is InChI=1S/C4H3ClO2/c5-3-1-2-4(6)7/h3H2,(H,6,7). The molecule has 0 rings (SSSR count). The van der Waals surface area contributed by atoms with Crippen molar-refractivity contribution in [2.75, 3.05) is 5.88 Å². The molecule has 0 atom stereocenters. The largest absolute Gasteiger partial charge is 0.472 e. The summed E-state index contributed by atoms with van der Waals surface area (Å²) < 4.78 is 0. The summed E-state index contributed by atoms with van der Waals surface area (Å²) in [5.41, 5.74) is 0. The number of rotatable bonds is 0. The molecule has 0 aromatic heterocycles. The van der Waals surface area contributed by atoms with Crippen LogP contribution in [0.5, 0.6) is 0 Å². The van der Waals surface area contributed by atoms with E-state index in [1.807, 2.05) is 5.92 Å². The van der Waals surface area contributed by atoms with E-state index >= 15 is 0 Å². The van der Waals surface area contributed by atoms with Crippen LogP contribution in [0.4, 0.5) is 0 Å². The molecule has 0 saturated heterocycles. The van der Waals surface area contributed by atoms with E-state index in [2.05, 4.69) is 5.92 Å². The molecule has 0 aliphatic rings. The van der Waals surface area contributed by atoms with Crippen LogP contribution in [0.3, 0.4) is 0 Å². The molecule has 3 heteroatoms. The lowest BCUT2D eigenvalue weighted by molar-refractivity contribution is -0.130. The van der Waals surface area contributed by atoms with Gasteiger partial charge in [0, 0.05) is 5.92 Å². The minimum Gasteiger partial charge on any atom is -0.472 e. The van der Waals surface area contributed by atoms with Crippen LogP contribution < -0.4 is 0 Å². The summed E-state index contributed by atoms with van der Waals surface area (Å²) in [4.78, 5) is 9.53. The fourth-order valence-corrected chi connectivity index (χ4v) is 0.176. The number of carboxylic acids is 1. The van der Waals surface area contributed by atoms with Gasteiger partial charge in [0.15, 0.2) is 0 Å². The second-order valence-corrected chi connectivity index (χ2v) is 1.01. The molecule has 0 amide bonds. The molecule has 38 valence electrons. The Morgan fingerprint density at radius 1 is 1.86 bits per heavy atom. The van der Waals surface area contributed by atoms with Gasteiger partial charge in [0.25, 0.3) is 0 Å². The number of hydrogen-bond acceptors (Lipinski definition) is 1. The van der Waals surface area contributed by atoms with Gasteiger partial charge in [-0.25, -0.2) is 4.79 Å². The molecule has 0 unspecified atom stereocenters. The van der Waals surface area contributed by atoms with Crippen molar-refractivity contribution in [3.63, 3.8) is 0 Å². The Hall–Kier alpha value is -0.680. The summed E-state index contributed by atoms with van der Waals surface area (Å²) in [5, 5.41) is 7.81. The van der Waals surface area contributed by atoms with E-state index in [1.54, 1.807) is 0 Å². The Kier molecular flexibility index (Phi) is 3.17. The van der Waals surface area contributed by atoms with Crippen molar-refractivity contribution in [3.05, 3.63) is 0 Å². The zero-order valence-corrected chi connectivity index (χ0v) is 4.20. The van der Waals surface area contributed by atoms with E-state index in [9.17, 15) is 4.79 Å². The van der Waals surface area contributed by atoms with Gasteiger partial charge in [-0.3, -0.25) is 0 Å². The number of hydrogen-bond donors (Lipinski definition) is 1.